The van der Waals surface area contributed by atoms with Gasteiger partial charge < -0.3 is 15.1 Å². The van der Waals surface area contributed by atoms with Gasteiger partial charge in [0.2, 0.25) is 5.95 Å². The summed E-state index contributed by atoms with van der Waals surface area (Å²) >= 11 is 0. The molecule has 1 saturated carbocycles. The van der Waals surface area contributed by atoms with E-state index in [0.717, 1.165) is 12.8 Å². The second-order valence-electron chi connectivity index (χ2n) is 4.83. The van der Waals surface area contributed by atoms with Gasteiger partial charge >= 0.3 is 5.97 Å². The van der Waals surface area contributed by atoms with Crippen LogP contribution in [0.5, 0.6) is 0 Å². The minimum absolute atomic E-state index is 0.134. The molecule has 0 unspecified atom stereocenters. The van der Waals surface area contributed by atoms with Gasteiger partial charge in [0.15, 0.2) is 0 Å². The molecule has 0 atom stereocenters. The van der Waals surface area contributed by atoms with E-state index in [9.17, 15) is 4.79 Å². The average Bonchev–Trinajstić information content (AvgIpc) is 2.31. The maximum Gasteiger partial charge on any atom is 0.339 e. The highest BCUT2D eigenvalue weighted by atomic mass is 16.4. The summed E-state index contributed by atoms with van der Waals surface area (Å²) in [7, 11) is 0. The molecule has 2 N–H and O–H groups in total. The third kappa shape index (κ3) is 3.01. The average molecular weight is 265 g/mol. The molecular weight excluding hydrogens is 246 g/mol. The second kappa shape index (κ2) is 5.97. The van der Waals surface area contributed by atoms with E-state index in [1.54, 1.807) is 6.92 Å². The lowest BCUT2D eigenvalue weighted by molar-refractivity contribution is 0.0695. The summed E-state index contributed by atoms with van der Waals surface area (Å²) in [5, 5.41) is 17.9. The van der Waals surface area contributed by atoms with E-state index in [1.165, 1.54) is 12.6 Å². The van der Waals surface area contributed by atoms with Crippen LogP contribution in [0.2, 0.25) is 0 Å². The minimum Gasteiger partial charge on any atom is -0.478 e. The summed E-state index contributed by atoms with van der Waals surface area (Å²) in [6.45, 7) is 2.52. The van der Waals surface area contributed by atoms with E-state index in [4.69, 9.17) is 10.2 Å². The molecule has 1 aromatic rings. The number of carboxylic acid groups (broad SMARTS) is 1. The molecule has 6 nitrogen and oxygen atoms in total. The number of nitrogens with zero attached hydrogens (tertiary/aromatic N) is 3. The van der Waals surface area contributed by atoms with Gasteiger partial charge in [0.1, 0.15) is 0 Å². The lowest BCUT2D eigenvalue weighted by Crippen LogP contribution is -2.42. The van der Waals surface area contributed by atoms with Crippen LogP contribution in [0.4, 0.5) is 5.95 Å². The molecule has 1 aromatic heterocycles. The summed E-state index contributed by atoms with van der Waals surface area (Å²) in [6.07, 6.45) is 5.44. The number of hydrogen-bond donors (Lipinski definition) is 2. The fraction of sp³-hybridized carbons (Fsp3) is 0.615. The molecule has 0 saturated heterocycles. The number of anilines is 1. The molecule has 19 heavy (non-hydrogen) atoms. The van der Waals surface area contributed by atoms with E-state index in [0.29, 0.717) is 30.6 Å². The smallest absolute Gasteiger partial charge is 0.339 e. The van der Waals surface area contributed by atoms with E-state index >= 15 is 0 Å². The zero-order chi connectivity index (χ0) is 13.8. The Hall–Kier alpha value is -1.69. The van der Waals surface area contributed by atoms with E-state index < -0.39 is 5.97 Å². The van der Waals surface area contributed by atoms with Gasteiger partial charge in [-0.1, -0.05) is 0 Å². The van der Waals surface area contributed by atoms with Gasteiger partial charge in [0.05, 0.1) is 11.3 Å². The predicted octanol–water partition coefficient (Wildman–Crippen LogP) is 1.22. The maximum absolute atomic E-state index is 10.9. The molecule has 1 fully saturated rings. The largest absolute Gasteiger partial charge is 0.478 e. The summed E-state index contributed by atoms with van der Waals surface area (Å²) in [4.78, 5) is 21.5. The summed E-state index contributed by atoms with van der Waals surface area (Å²) in [6, 6.07) is 0.418. The molecule has 1 aliphatic rings. The van der Waals surface area contributed by atoms with E-state index in [2.05, 4.69) is 14.9 Å². The van der Waals surface area contributed by atoms with Crippen molar-refractivity contribution >= 4 is 11.9 Å². The number of carboxylic acids is 1. The molecule has 0 aromatic carbocycles. The van der Waals surface area contributed by atoms with Crippen molar-refractivity contribution < 1.29 is 15.0 Å². The Morgan fingerprint density at radius 3 is 2.74 bits per heavy atom. The molecular formula is C13H19N3O3. The number of aromatic nitrogens is 2. The van der Waals surface area contributed by atoms with E-state index in [1.807, 2.05) is 0 Å². The Morgan fingerprint density at radius 2 is 2.26 bits per heavy atom. The summed E-state index contributed by atoms with van der Waals surface area (Å²) in [5.74, 6) is -0.435. The Kier molecular flexibility index (Phi) is 4.31. The molecule has 0 amide bonds. The van der Waals surface area contributed by atoms with Crippen LogP contribution in [-0.2, 0) is 0 Å². The fourth-order valence-corrected chi connectivity index (χ4v) is 2.19. The maximum atomic E-state index is 10.9. The van der Waals surface area contributed by atoms with Crippen LogP contribution in [0.1, 0.15) is 41.7 Å². The monoisotopic (exact) mass is 265 g/mol. The van der Waals surface area contributed by atoms with Crippen molar-refractivity contribution in [2.75, 3.05) is 18.1 Å². The van der Waals surface area contributed by atoms with Crippen LogP contribution in [0.15, 0.2) is 6.20 Å². The van der Waals surface area contributed by atoms with Crippen molar-refractivity contribution in [3.05, 3.63) is 17.5 Å². The predicted molar refractivity (Wildman–Crippen MR) is 70.4 cm³/mol. The number of aromatic carboxylic acids is 1. The zero-order valence-corrected chi connectivity index (χ0v) is 11.0. The third-order valence-corrected chi connectivity index (χ3v) is 3.53. The standard InChI is InChI=1S/C13H19N3O3/c1-9-11(12(18)19)8-14-13(15-9)16(6-3-7-17)10-4-2-5-10/h8,10,17H,2-7H2,1H3,(H,18,19). The van der Waals surface area contributed by atoms with Crippen LogP contribution in [0, 0.1) is 6.92 Å². The molecule has 2 rings (SSSR count). The van der Waals surface area contributed by atoms with Crippen molar-refractivity contribution in [3.8, 4) is 0 Å². The number of rotatable bonds is 6. The third-order valence-electron chi connectivity index (χ3n) is 3.53. The van der Waals surface area contributed by atoms with Crippen LogP contribution >= 0.6 is 0 Å². The number of aryl methyl sites for hydroxylation is 1. The molecule has 0 radical (unpaired) electrons. The van der Waals surface area contributed by atoms with Crippen LogP contribution < -0.4 is 4.90 Å². The van der Waals surface area contributed by atoms with Gasteiger partial charge in [0.25, 0.3) is 0 Å². The Bertz CT molecular complexity index is 460. The van der Waals surface area contributed by atoms with Crippen molar-refractivity contribution in [1.29, 1.82) is 0 Å². The van der Waals surface area contributed by atoms with Crippen LogP contribution in [-0.4, -0.2) is 45.3 Å². The Labute approximate surface area is 112 Å². The lowest BCUT2D eigenvalue weighted by Gasteiger charge is -2.37. The molecule has 1 aliphatic carbocycles. The highest BCUT2D eigenvalue weighted by molar-refractivity contribution is 5.88. The minimum atomic E-state index is -1.00. The van der Waals surface area contributed by atoms with Gasteiger partial charge in [-0.3, -0.25) is 0 Å². The first-order valence-electron chi connectivity index (χ1n) is 6.58. The molecule has 1 heterocycles. The van der Waals surface area contributed by atoms with Crippen LogP contribution in [0.25, 0.3) is 0 Å². The van der Waals surface area contributed by atoms with Gasteiger partial charge in [0, 0.05) is 25.4 Å². The summed E-state index contributed by atoms with van der Waals surface area (Å²) < 4.78 is 0. The highest BCUT2D eigenvalue weighted by Gasteiger charge is 2.27. The molecule has 0 spiro atoms. The molecule has 0 aliphatic heterocycles. The SMILES string of the molecule is Cc1nc(N(CCCO)C2CCC2)ncc1C(=O)O. The number of hydrogen-bond acceptors (Lipinski definition) is 5. The van der Waals surface area contributed by atoms with Crippen molar-refractivity contribution in [2.24, 2.45) is 0 Å². The first-order chi connectivity index (χ1) is 9.13. The van der Waals surface area contributed by atoms with Crippen LogP contribution in [0.3, 0.4) is 0 Å². The zero-order valence-electron chi connectivity index (χ0n) is 11.0. The normalized spacial score (nSPS) is 15.1. The molecule has 6 heteroatoms. The number of aliphatic hydroxyl groups is 1. The second-order valence-corrected chi connectivity index (χ2v) is 4.83. The van der Waals surface area contributed by atoms with Crippen molar-refractivity contribution in [1.82, 2.24) is 9.97 Å². The topological polar surface area (TPSA) is 86.5 Å². The van der Waals surface area contributed by atoms with E-state index in [-0.39, 0.29) is 12.2 Å². The number of carbonyl (C=O) groups is 1. The molecule has 104 valence electrons. The summed E-state index contributed by atoms with van der Waals surface area (Å²) in [5.41, 5.74) is 0.616. The highest BCUT2D eigenvalue weighted by Crippen LogP contribution is 2.28. The van der Waals surface area contributed by atoms with Gasteiger partial charge in [-0.25, -0.2) is 14.8 Å². The number of aliphatic hydroxyl groups excluding tert-OH is 1. The first-order valence-corrected chi connectivity index (χ1v) is 6.58. The lowest BCUT2D eigenvalue weighted by atomic mass is 9.91. The van der Waals surface area contributed by atoms with Gasteiger partial charge in [-0.05, 0) is 32.6 Å². The Morgan fingerprint density at radius 1 is 1.53 bits per heavy atom. The van der Waals surface area contributed by atoms with Crippen molar-refractivity contribution in [2.45, 2.75) is 38.6 Å². The Balaban J connectivity index is 2.20. The fourth-order valence-electron chi connectivity index (χ4n) is 2.19. The van der Waals surface area contributed by atoms with Crippen molar-refractivity contribution in [3.63, 3.8) is 0 Å². The quantitative estimate of drug-likeness (QED) is 0.804. The van der Waals surface area contributed by atoms with Gasteiger partial charge in [-0.15, -0.1) is 0 Å². The van der Waals surface area contributed by atoms with Gasteiger partial charge in [-0.2, -0.15) is 0 Å². The molecule has 0 bridgehead atoms. The first kappa shape index (κ1) is 13.7.